The van der Waals surface area contributed by atoms with Gasteiger partial charge in [0.15, 0.2) is 5.78 Å². The molecule has 0 aliphatic heterocycles. The molecule has 0 amide bonds. The first-order valence-electron chi connectivity index (χ1n) is 6.61. The van der Waals surface area contributed by atoms with Crippen molar-refractivity contribution in [3.05, 3.63) is 36.4 Å². The molecular formula is C15H11N3O3S2. The molecule has 0 saturated heterocycles. The molecule has 3 aromatic heterocycles. The molecule has 0 radical (unpaired) electrons. The number of nitrogens with zero attached hydrogens (tertiary/aromatic N) is 3. The summed E-state index contributed by atoms with van der Waals surface area (Å²) in [5, 5.41) is 9.46. The van der Waals surface area contributed by atoms with Crippen molar-refractivity contribution in [2.45, 2.75) is 11.9 Å². The van der Waals surface area contributed by atoms with Gasteiger partial charge in [0.1, 0.15) is 17.0 Å². The average Bonchev–Trinajstić information content (AvgIpc) is 2.97. The van der Waals surface area contributed by atoms with Crippen LogP contribution in [-0.4, -0.2) is 37.6 Å². The smallest absolute Gasteiger partial charge is 0.313 e. The van der Waals surface area contributed by atoms with Crippen LogP contribution in [0.2, 0.25) is 0 Å². The second kappa shape index (κ2) is 6.43. The maximum atomic E-state index is 11.3. The zero-order valence-corrected chi connectivity index (χ0v) is 13.6. The fourth-order valence-electron chi connectivity index (χ4n) is 1.96. The van der Waals surface area contributed by atoms with E-state index in [1.807, 2.05) is 12.1 Å². The lowest BCUT2D eigenvalue weighted by Crippen LogP contribution is -1.98. The summed E-state index contributed by atoms with van der Waals surface area (Å²) in [5.41, 5.74) is 2.07. The van der Waals surface area contributed by atoms with Crippen LogP contribution in [0.15, 0.2) is 35.7 Å². The van der Waals surface area contributed by atoms with Gasteiger partial charge in [-0.25, -0.2) is 9.97 Å². The highest BCUT2D eigenvalue weighted by atomic mass is 32.2. The van der Waals surface area contributed by atoms with Crippen LogP contribution in [0.5, 0.6) is 0 Å². The number of carbonyl (C=O) groups is 2. The standard InChI is InChI=1S/C15H11N3O3S2/c1-8(19)10-3-2-9(5-16-10)12-4-11-14(23-12)15(18-7-17-11)22-6-13(20)21/h2-5,7H,6H2,1H3,(H,20,21). The highest BCUT2D eigenvalue weighted by Gasteiger charge is 2.12. The molecule has 0 aliphatic carbocycles. The monoisotopic (exact) mass is 345 g/mol. The lowest BCUT2D eigenvalue weighted by molar-refractivity contribution is -0.133. The Morgan fingerprint density at radius 3 is 2.74 bits per heavy atom. The van der Waals surface area contributed by atoms with Crippen molar-refractivity contribution in [2.24, 2.45) is 0 Å². The van der Waals surface area contributed by atoms with Crippen molar-refractivity contribution in [1.82, 2.24) is 15.0 Å². The number of Topliss-reactive ketones (excluding diaryl/α,β-unsaturated/α-hetero) is 1. The van der Waals surface area contributed by atoms with E-state index >= 15 is 0 Å². The Morgan fingerprint density at radius 1 is 1.26 bits per heavy atom. The number of pyridine rings is 1. The molecule has 3 heterocycles. The number of thioether (sulfide) groups is 1. The molecule has 0 aliphatic rings. The van der Waals surface area contributed by atoms with Crippen LogP contribution in [0.1, 0.15) is 17.4 Å². The Morgan fingerprint density at radius 2 is 2.09 bits per heavy atom. The lowest BCUT2D eigenvalue weighted by Gasteiger charge is -1.98. The molecule has 0 bridgehead atoms. The summed E-state index contributed by atoms with van der Waals surface area (Å²) in [4.78, 5) is 35.5. The molecule has 116 valence electrons. The van der Waals surface area contributed by atoms with E-state index in [-0.39, 0.29) is 11.5 Å². The topological polar surface area (TPSA) is 93.0 Å². The highest BCUT2D eigenvalue weighted by Crippen LogP contribution is 2.36. The summed E-state index contributed by atoms with van der Waals surface area (Å²) >= 11 is 2.65. The van der Waals surface area contributed by atoms with E-state index in [2.05, 4.69) is 15.0 Å². The maximum Gasteiger partial charge on any atom is 0.313 e. The van der Waals surface area contributed by atoms with E-state index in [1.165, 1.54) is 36.3 Å². The van der Waals surface area contributed by atoms with Crippen molar-refractivity contribution in [3.8, 4) is 10.4 Å². The van der Waals surface area contributed by atoms with Gasteiger partial charge in [-0.3, -0.25) is 14.6 Å². The van der Waals surface area contributed by atoms with E-state index in [9.17, 15) is 9.59 Å². The summed E-state index contributed by atoms with van der Waals surface area (Å²) in [5.74, 6) is -1.01. The van der Waals surface area contributed by atoms with E-state index in [0.29, 0.717) is 10.7 Å². The quantitative estimate of drug-likeness (QED) is 0.431. The second-order valence-corrected chi connectivity index (χ2v) is 6.69. The first-order chi connectivity index (χ1) is 11.0. The Labute approximate surface area is 139 Å². The summed E-state index contributed by atoms with van der Waals surface area (Å²) in [7, 11) is 0. The SMILES string of the molecule is CC(=O)c1ccc(-c2cc3ncnc(SCC(=O)O)c3s2)cn1. The summed E-state index contributed by atoms with van der Waals surface area (Å²) in [6.07, 6.45) is 3.08. The number of ketones is 1. The van der Waals surface area contributed by atoms with Crippen LogP contribution < -0.4 is 0 Å². The summed E-state index contributed by atoms with van der Waals surface area (Å²) < 4.78 is 0.851. The molecule has 0 unspecified atom stereocenters. The number of rotatable bonds is 5. The zero-order valence-electron chi connectivity index (χ0n) is 12.0. The van der Waals surface area contributed by atoms with Crippen LogP contribution in [0, 0.1) is 0 Å². The number of hydrogen-bond acceptors (Lipinski definition) is 7. The van der Waals surface area contributed by atoms with Crippen LogP contribution >= 0.6 is 23.1 Å². The van der Waals surface area contributed by atoms with Gasteiger partial charge in [-0.05, 0) is 18.2 Å². The van der Waals surface area contributed by atoms with Gasteiger partial charge in [0, 0.05) is 23.6 Å². The number of carboxylic acid groups (broad SMARTS) is 1. The Kier molecular flexibility index (Phi) is 4.35. The van der Waals surface area contributed by atoms with Gasteiger partial charge in [-0.1, -0.05) is 11.8 Å². The minimum Gasteiger partial charge on any atom is -0.481 e. The molecule has 1 N–H and O–H groups in total. The van der Waals surface area contributed by atoms with Crippen molar-refractivity contribution >= 4 is 45.1 Å². The first-order valence-corrected chi connectivity index (χ1v) is 8.41. The summed E-state index contributed by atoms with van der Waals surface area (Å²) in [6, 6.07) is 5.44. The molecule has 23 heavy (non-hydrogen) atoms. The largest absolute Gasteiger partial charge is 0.481 e. The third-order valence-corrected chi connectivity index (χ3v) is 5.30. The second-order valence-electron chi connectivity index (χ2n) is 4.67. The number of carboxylic acids is 1. The highest BCUT2D eigenvalue weighted by molar-refractivity contribution is 8.00. The van der Waals surface area contributed by atoms with Crippen molar-refractivity contribution in [3.63, 3.8) is 0 Å². The minimum atomic E-state index is -0.887. The number of thiophene rings is 1. The molecule has 0 fully saturated rings. The molecule has 0 atom stereocenters. The number of fused-ring (bicyclic) bond motifs is 1. The lowest BCUT2D eigenvalue weighted by atomic mass is 10.2. The fraction of sp³-hybridized carbons (Fsp3) is 0.133. The van der Waals surface area contributed by atoms with Crippen LogP contribution in [0.4, 0.5) is 0 Å². The zero-order chi connectivity index (χ0) is 16.4. The Balaban J connectivity index is 1.97. The van der Waals surface area contributed by atoms with Crippen molar-refractivity contribution < 1.29 is 14.7 Å². The molecule has 6 nitrogen and oxygen atoms in total. The number of hydrogen-bond donors (Lipinski definition) is 1. The number of carbonyl (C=O) groups excluding carboxylic acids is 1. The van der Waals surface area contributed by atoms with Gasteiger partial charge < -0.3 is 5.11 Å². The average molecular weight is 345 g/mol. The number of aliphatic carboxylic acids is 1. The molecule has 3 rings (SSSR count). The van der Waals surface area contributed by atoms with Crippen LogP contribution in [-0.2, 0) is 4.79 Å². The molecule has 0 aromatic carbocycles. The number of aromatic nitrogens is 3. The molecule has 3 aromatic rings. The Hall–Kier alpha value is -2.32. The van der Waals surface area contributed by atoms with E-state index < -0.39 is 5.97 Å². The minimum absolute atomic E-state index is 0.0474. The first kappa shape index (κ1) is 15.6. The van der Waals surface area contributed by atoms with Gasteiger partial charge in [0.05, 0.1) is 16.0 Å². The van der Waals surface area contributed by atoms with Crippen molar-refractivity contribution in [2.75, 3.05) is 5.75 Å². The predicted octanol–water partition coefficient (Wildman–Crippen LogP) is 3.13. The molecule has 0 spiro atoms. The summed E-state index contributed by atoms with van der Waals surface area (Å²) in [6.45, 7) is 1.48. The molecule has 8 heteroatoms. The molecular weight excluding hydrogens is 334 g/mol. The van der Waals surface area contributed by atoms with Crippen LogP contribution in [0.3, 0.4) is 0 Å². The van der Waals surface area contributed by atoms with Gasteiger partial charge in [0.25, 0.3) is 0 Å². The van der Waals surface area contributed by atoms with E-state index in [4.69, 9.17) is 5.11 Å². The third kappa shape index (κ3) is 3.38. The predicted molar refractivity (Wildman–Crippen MR) is 89.0 cm³/mol. The Bertz CT molecular complexity index is 891. The third-order valence-electron chi connectivity index (χ3n) is 3.02. The van der Waals surface area contributed by atoms with E-state index in [0.717, 1.165) is 20.7 Å². The van der Waals surface area contributed by atoms with Gasteiger partial charge in [0.2, 0.25) is 0 Å². The van der Waals surface area contributed by atoms with Crippen molar-refractivity contribution in [1.29, 1.82) is 0 Å². The van der Waals surface area contributed by atoms with E-state index in [1.54, 1.807) is 12.3 Å². The van der Waals surface area contributed by atoms with Gasteiger partial charge >= 0.3 is 5.97 Å². The maximum absolute atomic E-state index is 11.3. The van der Waals surface area contributed by atoms with Gasteiger partial charge in [-0.15, -0.1) is 11.3 Å². The normalized spacial score (nSPS) is 10.8. The van der Waals surface area contributed by atoms with Crippen LogP contribution in [0.25, 0.3) is 20.7 Å². The fourth-order valence-corrected chi connectivity index (χ4v) is 3.86. The molecule has 0 saturated carbocycles. The van der Waals surface area contributed by atoms with Gasteiger partial charge in [-0.2, -0.15) is 0 Å².